The van der Waals surface area contributed by atoms with Crippen LogP contribution in [0.5, 0.6) is 5.75 Å². The van der Waals surface area contributed by atoms with Gasteiger partial charge in [0.05, 0.1) is 36.7 Å². The van der Waals surface area contributed by atoms with Gasteiger partial charge in [0.15, 0.2) is 0 Å². The Balaban J connectivity index is 1.41. The third-order valence-corrected chi connectivity index (χ3v) is 10.4. The van der Waals surface area contributed by atoms with Crippen molar-refractivity contribution in [3.8, 4) is 5.75 Å². The summed E-state index contributed by atoms with van der Waals surface area (Å²) in [5.74, 6) is -0.440. The Kier molecular flexibility index (Phi) is 8.54. The van der Waals surface area contributed by atoms with Crippen LogP contribution in [-0.4, -0.2) is 77.9 Å². The Morgan fingerprint density at radius 2 is 1.70 bits per heavy atom. The maximum absolute atomic E-state index is 13.1. The Labute approximate surface area is 218 Å². The number of morpholine rings is 1. The lowest BCUT2D eigenvalue weighted by molar-refractivity contribution is -0.120. The topological polar surface area (TPSA) is 122 Å². The van der Waals surface area contributed by atoms with Gasteiger partial charge in [-0.05, 0) is 43.5 Å². The van der Waals surface area contributed by atoms with Crippen molar-refractivity contribution in [2.45, 2.75) is 30.4 Å². The van der Waals surface area contributed by atoms with Crippen molar-refractivity contribution < 1.29 is 31.1 Å². The summed E-state index contributed by atoms with van der Waals surface area (Å²) in [5, 5.41) is 2.81. The van der Waals surface area contributed by atoms with Crippen molar-refractivity contribution in [1.29, 1.82) is 0 Å². The molecular weight excluding hydrogens is 518 g/mol. The van der Waals surface area contributed by atoms with Crippen molar-refractivity contribution in [1.82, 2.24) is 8.61 Å². The normalized spacial score (nSPS) is 18.4. The molecule has 0 atom stereocenters. The molecule has 1 amide bonds. The van der Waals surface area contributed by atoms with Gasteiger partial charge in [-0.3, -0.25) is 4.79 Å². The van der Waals surface area contributed by atoms with Crippen LogP contribution in [-0.2, 0) is 35.3 Å². The van der Waals surface area contributed by atoms with E-state index in [1.807, 2.05) is 25.1 Å². The number of nitrogens with one attached hydrogen (secondary N) is 1. The lowest BCUT2D eigenvalue weighted by Crippen LogP contribution is -2.42. The molecule has 0 unspecified atom stereocenters. The molecule has 2 aromatic rings. The maximum atomic E-state index is 13.1. The van der Waals surface area contributed by atoms with Crippen molar-refractivity contribution >= 4 is 31.6 Å². The molecule has 2 fully saturated rings. The fourth-order valence-electron chi connectivity index (χ4n) is 4.62. The number of nitrogens with zero attached hydrogens (tertiary/aromatic N) is 2. The molecule has 2 saturated heterocycles. The van der Waals surface area contributed by atoms with Gasteiger partial charge in [-0.15, -0.1) is 0 Å². The molecule has 2 aromatic carbocycles. The highest BCUT2D eigenvalue weighted by Gasteiger charge is 2.32. The van der Waals surface area contributed by atoms with Crippen LogP contribution in [0.1, 0.15) is 24.0 Å². The van der Waals surface area contributed by atoms with E-state index in [4.69, 9.17) is 9.47 Å². The third kappa shape index (κ3) is 6.50. The first-order valence-electron chi connectivity index (χ1n) is 12.2. The van der Waals surface area contributed by atoms with E-state index in [9.17, 15) is 21.6 Å². The largest absolute Gasteiger partial charge is 0.495 e. The highest BCUT2D eigenvalue weighted by atomic mass is 32.2. The zero-order valence-corrected chi connectivity index (χ0v) is 22.7. The van der Waals surface area contributed by atoms with Gasteiger partial charge >= 0.3 is 0 Å². The number of amides is 1. The lowest BCUT2D eigenvalue weighted by atomic mass is 9.97. The molecular formula is C25H33N3O7S2. The average Bonchev–Trinajstić information content (AvgIpc) is 2.89. The minimum Gasteiger partial charge on any atom is -0.495 e. The number of rotatable bonds is 8. The number of sulfonamides is 2. The predicted octanol–water partition coefficient (Wildman–Crippen LogP) is 2.21. The summed E-state index contributed by atoms with van der Waals surface area (Å²) >= 11 is 0. The Morgan fingerprint density at radius 1 is 1.00 bits per heavy atom. The number of hydrogen-bond donors (Lipinski definition) is 1. The van der Waals surface area contributed by atoms with Gasteiger partial charge in [0.2, 0.25) is 26.0 Å². The van der Waals surface area contributed by atoms with E-state index in [-0.39, 0.29) is 48.4 Å². The first kappa shape index (κ1) is 27.5. The monoisotopic (exact) mass is 551 g/mol. The fraction of sp³-hybridized carbons (Fsp3) is 0.480. The SMILES string of the molecule is COc1ccc(S(=O)(=O)N2CCOCC2)cc1NC(=O)C1CCN(S(=O)(=O)Cc2cccc(C)c2)CC1. The van der Waals surface area contributed by atoms with Crippen LogP contribution in [0, 0.1) is 12.8 Å². The van der Waals surface area contributed by atoms with Gasteiger partial charge < -0.3 is 14.8 Å². The molecule has 10 nitrogen and oxygen atoms in total. The molecule has 202 valence electrons. The zero-order chi connectivity index (χ0) is 26.6. The van der Waals surface area contributed by atoms with Crippen LogP contribution in [0.3, 0.4) is 0 Å². The lowest BCUT2D eigenvalue weighted by Gasteiger charge is -2.30. The van der Waals surface area contributed by atoms with Gasteiger partial charge in [0.1, 0.15) is 5.75 Å². The second-order valence-electron chi connectivity index (χ2n) is 9.29. The number of methoxy groups -OCH3 is 1. The molecule has 0 saturated carbocycles. The first-order valence-corrected chi connectivity index (χ1v) is 15.3. The van der Waals surface area contributed by atoms with Gasteiger partial charge in [0.25, 0.3) is 0 Å². The number of carbonyl (C=O) groups excluding carboxylic acids is 1. The van der Waals surface area contributed by atoms with Gasteiger partial charge in [-0.2, -0.15) is 4.31 Å². The van der Waals surface area contributed by atoms with E-state index in [1.165, 1.54) is 33.9 Å². The Bertz CT molecular complexity index is 1330. The number of ether oxygens (including phenoxy) is 2. The molecule has 0 aliphatic carbocycles. The summed E-state index contributed by atoms with van der Waals surface area (Å²) in [5.41, 5.74) is 2.00. The Morgan fingerprint density at radius 3 is 2.35 bits per heavy atom. The van der Waals surface area contributed by atoms with Gasteiger partial charge in [-0.25, -0.2) is 21.1 Å². The molecule has 0 aromatic heterocycles. The highest BCUT2D eigenvalue weighted by Crippen LogP contribution is 2.31. The van der Waals surface area contributed by atoms with E-state index in [2.05, 4.69) is 5.32 Å². The molecule has 2 heterocycles. The number of hydrogen-bond acceptors (Lipinski definition) is 7. The number of aryl methyl sites for hydroxylation is 1. The fourth-order valence-corrected chi connectivity index (χ4v) is 7.60. The van der Waals surface area contributed by atoms with E-state index in [0.29, 0.717) is 31.8 Å². The summed E-state index contributed by atoms with van der Waals surface area (Å²) < 4.78 is 65.4. The van der Waals surface area contributed by atoms with Crippen LogP contribution >= 0.6 is 0 Å². The van der Waals surface area contributed by atoms with E-state index < -0.39 is 26.0 Å². The molecule has 1 N–H and O–H groups in total. The first-order chi connectivity index (χ1) is 17.6. The third-order valence-electron chi connectivity index (χ3n) is 6.69. The van der Waals surface area contributed by atoms with E-state index >= 15 is 0 Å². The number of anilines is 1. The summed E-state index contributed by atoms with van der Waals surface area (Å²) in [6.45, 7) is 3.60. The molecule has 2 aliphatic rings. The van der Waals surface area contributed by atoms with Gasteiger partial charge in [0, 0.05) is 32.1 Å². The molecule has 0 radical (unpaired) electrons. The van der Waals surface area contributed by atoms with E-state index in [1.54, 1.807) is 6.07 Å². The maximum Gasteiger partial charge on any atom is 0.243 e. The van der Waals surface area contributed by atoms with Crippen LogP contribution in [0.4, 0.5) is 5.69 Å². The number of benzene rings is 2. The van der Waals surface area contributed by atoms with Crippen LogP contribution < -0.4 is 10.1 Å². The average molecular weight is 552 g/mol. The summed E-state index contributed by atoms with van der Waals surface area (Å²) in [4.78, 5) is 13.1. The molecule has 37 heavy (non-hydrogen) atoms. The smallest absolute Gasteiger partial charge is 0.243 e. The molecule has 2 aliphatic heterocycles. The van der Waals surface area contributed by atoms with Crippen LogP contribution in [0.15, 0.2) is 47.4 Å². The zero-order valence-electron chi connectivity index (χ0n) is 21.1. The quantitative estimate of drug-likeness (QED) is 0.534. The summed E-state index contributed by atoms with van der Waals surface area (Å²) in [7, 11) is -5.81. The van der Waals surface area contributed by atoms with Crippen LogP contribution in [0.2, 0.25) is 0 Å². The van der Waals surface area contributed by atoms with Gasteiger partial charge in [-0.1, -0.05) is 29.8 Å². The summed E-state index contributed by atoms with van der Waals surface area (Å²) in [6.07, 6.45) is 0.736. The number of piperidine rings is 1. The highest BCUT2D eigenvalue weighted by molar-refractivity contribution is 7.89. The second-order valence-corrected chi connectivity index (χ2v) is 13.2. The minimum absolute atomic E-state index is 0.0579. The molecule has 0 bridgehead atoms. The van der Waals surface area contributed by atoms with Crippen LogP contribution in [0.25, 0.3) is 0 Å². The standard InChI is InChI=1S/C25H33N3O7S2/c1-19-4-3-5-20(16-19)18-36(30,31)27-10-8-21(9-11-27)25(29)26-23-17-22(6-7-24(23)34-2)37(32,33)28-12-14-35-15-13-28/h3-7,16-17,21H,8-15,18H2,1-2H3,(H,26,29). The second kappa shape index (κ2) is 11.5. The molecule has 4 rings (SSSR count). The molecule has 12 heteroatoms. The van der Waals surface area contributed by atoms with Crippen molar-refractivity contribution in [2.75, 3.05) is 51.8 Å². The molecule has 0 spiro atoms. The van der Waals surface area contributed by atoms with Crippen molar-refractivity contribution in [3.05, 3.63) is 53.6 Å². The van der Waals surface area contributed by atoms with E-state index in [0.717, 1.165) is 11.1 Å². The van der Waals surface area contributed by atoms with Crippen molar-refractivity contribution in [3.63, 3.8) is 0 Å². The minimum atomic E-state index is -3.75. The summed E-state index contributed by atoms with van der Waals surface area (Å²) in [6, 6.07) is 11.8. The number of carbonyl (C=O) groups is 1. The van der Waals surface area contributed by atoms with Crippen molar-refractivity contribution in [2.24, 2.45) is 5.92 Å². The Hall–Kier alpha value is -2.51. The predicted molar refractivity (Wildman–Crippen MR) is 139 cm³/mol.